The van der Waals surface area contributed by atoms with Crippen molar-refractivity contribution in [2.75, 3.05) is 21.3 Å². The van der Waals surface area contributed by atoms with Crippen molar-refractivity contribution in [1.82, 2.24) is 4.98 Å². The average Bonchev–Trinajstić information content (AvgIpc) is 3.01. The number of carbonyl (C=O) groups excluding carboxylic acids is 1. The molecule has 6 nitrogen and oxygen atoms in total. The number of ether oxygens (including phenoxy) is 3. The second kappa shape index (κ2) is 13.3. The van der Waals surface area contributed by atoms with Gasteiger partial charge < -0.3 is 14.2 Å². The summed E-state index contributed by atoms with van der Waals surface area (Å²) in [5.41, 5.74) is 1.21. The smallest absolute Gasteiger partial charge is 0.433 e. The highest BCUT2D eigenvalue weighted by molar-refractivity contribution is 7.98. The fourth-order valence-corrected chi connectivity index (χ4v) is 5.13. The predicted molar refractivity (Wildman–Crippen MR) is 155 cm³/mol. The van der Waals surface area contributed by atoms with E-state index in [-0.39, 0.29) is 27.7 Å². The number of pyridine rings is 1. The largest absolute Gasteiger partial charge is 0.497 e. The molecule has 3 aromatic carbocycles. The number of alkyl halides is 3. The normalized spacial score (nSPS) is 11.3. The number of allylic oxidation sites excluding steroid dienone is 1. The van der Waals surface area contributed by atoms with Crippen molar-refractivity contribution in [3.05, 3.63) is 107 Å². The molecule has 0 aliphatic carbocycles. The van der Waals surface area contributed by atoms with Gasteiger partial charge in [-0.05, 0) is 53.6 Å². The van der Waals surface area contributed by atoms with E-state index in [1.54, 1.807) is 72.8 Å². The minimum atomic E-state index is -4.70. The number of halogens is 3. The van der Waals surface area contributed by atoms with Crippen LogP contribution in [0.4, 0.5) is 13.2 Å². The Bertz CT molecular complexity index is 1670. The summed E-state index contributed by atoms with van der Waals surface area (Å²) in [5, 5.41) is 9.87. The summed E-state index contributed by atoms with van der Waals surface area (Å²) in [6.45, 7) is 0. The summed E-state index contributed by atoms with van der Waals surface area (Å²) < 4.78 is 57.3. The first-order valence-electron chi connectivity index (χ1n) is 12.5. The van der Waals surface area contributed by atoms with Crippen LogP contribution < -0.4 is 14.2 Å². The van der Waals surface area contributed by atoms with Gasteiger partial charge in [0.15, 0.2) is 5.78 Å². The Morgan fingerprint density at radius 1 is 0.952 bits per heavy atom. The number of ketones is 1. The summed E-state index contributed by atoms with van der Waals surface area (Å²) in [4.78, 5) is 16.7. The maximum atomic E-state index is 13.8. The zero-order chi connectivity index (χ0) is 30.3. The number of nitriles is 1. The zero-order valence-electron chi connectivity index (χ0n) is 22.9. The highest BCUT2D eigenvalue weighted by Crippen LogP contribution is 2.38. The molecule has 0 spiro atoms. The van der Waals surface area contributed by atoms with Gasteiger partial charge in [-0.1, -0.05) is 42.5 Å². The Labute approximate surface area is 245 Å². The lowest BCUT2D eigenvalue weighted by Gasteiger charge is -2.15. The third-order valence-electron chi connectivity index (χ3n) is 6.24. The number of methoxy groups -OCH3 is 3. The second-order valence-electron chi connectivity index (χ2n) is 8.83. The molecule has 0 saturated heterocycles. The Morgan fingerprint density at radius 3 is 2.31 bits per heavy atom. The monoisotopic (exact) mass is 590 g/mol. The number of hydrogen-bond acceptors (Lipinski definition) is 7. The number of rotatable bonds is 10. The molecule has 0 aliphatic heterocycles. The van der Waals surface area contributed by atoms with E-state index in [2.05, 4.69) is 4.98 Å². The van der Waals surface area contributed by atoms with Crippen LogP contribution in [0.2, 0.25) is 0 Å². The van der Waals surface area contributed by atoms with Crippen molar-refractivity contribution in [2.24, 2.45) is 0 Å². The zero-order valence-corrected chi connectivity index (χ0v) is 23.7. The quantitative estimate of drug-likeness (QED) is 0.106. The van der Waals surface area contributed by atoms with Gasteiger partial charge in [-0.3, -0.25) is 4.79 Å². The Kier molecular flexibility index (Phi) is 9.55. The minimum Gasteiger partial charge on any atom is -0.497 e. The van der Waals surface area contributed by atoms with Crippen LogP contribution in [0.1, 0.15) is 32.7 Å². The van der Waals surface area contributed by atoms with Crippen LogP contribution in [0.5, 0.6) is 17.2 Å². The van der Waals surface area contributed by atoms with Gasteiger partial charge in [0, 0.05) is 16.9 Å². The van der Waals surface area contributed by atoms with E-state index in [9.17, 15) is 23.2 Å². The molecule has 0 fully saturated rings. The molecule has 0 radical (unpaired) electrons. The third kappa shape index (κ3) is 6.93. The molecule has 1 heterocycles. The van der Waals surface area contributed by atoms with Crippen molar-refractivity contribution in [1.29, 1.82) is 5.26 Å². The van der Waals surface area contributed by atoms with Crippen molar-refractivity contribution in [2.45, 2.75) is 17.0 Å². The van der Waals surface area contributed by atoms with Crippen LogP contribution in [0, 0.1) is 11.3 Å². The van der Waals surface area contributed by atoms with Gasteiger partial charge in [0.1, 0.15) is 34.0 Å². The molecule has 0 atom stereocenters. The highest BCUT2D eigenvalue weighted by Gasteiger charge is 2.34. The Balaban J connectivity index is 1.65. The van der Waals surface area contributed by atoms with E-state index in [0.717, 1.165) is 17.8 Å². The van der Waals surface area contributed by atoms with E-state index in [1.165, 1.54) is 27.4 Å². The maximum absolute atomic E-state index is 13.8. The molecule has 0 saturated carbocycles. The number of hydrogen-bond donors (Lipinski definition) is 0. The Hall–Kier alpha value is -4.75. The molecule has 4 rings (SSSR count). The third-order valence-corrected chi connectivity index (χ3v) is 7.27. The SMILES string of the molecule is COc1ccc(OC)c(C(=O)/C=C/c2ccc(OC)c(CSc3nc(C(F)(F)F)cc(-c4ccccc4)c3C#N)c2)c1. The number of carbonyl (C=O) groups is 1. The van der Waals surface area contributed by atoms with Crippen molar-refractivity contribution >= 4 is 23.6 Å². The van der Waals surface area contributed by atoms with Gasteiger partial charge >= 0.3 is 6.18 Å². The lowest BCUT2D eigenvalue weighted by atomic mass is 10.0. The topological polar surface area (TPSA) is 81.4 Å². The molecule has 0 N–H and O–H groups in total. The predicted octanol–water partition coefficient (Wildman–Crippen LogP) is 7.85. The first kappa shape index (κ1) is 30.2. The van der Waals surface area contributed by atoms with Gasteiger partial charge in [-0.15, -0.1) is 11.8 Å². The Morgan fingerprint density at radius 2 is 1.67 bits per heavy atom. The molecule has 10 heteroatoms. The number of nitrogens with zero attached hydrogens (tertiary/aromatic N) is 2. The lowest BCUT2D eigenvalue weighted by Crippen LogP contribution is -2.10. The first-order valence-corrected chi connectivity index (χ1v) is 13.5. The summed E-state index contributed by atoms with van der Waals surface area (Å²) in [5.74, 6) is 1.24. The van der Waals surface area contributed by atoms with E-state index >= 15 is 0 Å². The second-order valence-corrected chi connectivity index (χ2v) is 9.80. The summed E-state index contributed by atoms with van der Waals surface area (Å²) in [6, 6.07) is 21.5. The summed E-state index contributed by atoms with van der Waals surface area (Å²) in [7, 11) is 4.45. The van der Waals surface area contributed by atoms with Gasteiger partial charge in [0.2, 0.25) is 0 Å². The van der Waals surface area contributed by atoms with Crippen LogP contribution in [-0.2, 0) is 11.9 Å². The van der Waals surface area contributed by atoms with Crippen LogP contribution in [0.15, 0.2) is 83.9 Å². The van der Waals surface area contributed by atoms with E-state index in [1.807, 2.05) is 6.07 Å². The van der Waals surface area contributed by atoms with Crippen molar-refractivity contribution in [3.8, 4) is 34.4 Å². The van der Waals surface area contributed by atoms with Gasteiger partial charge in [0.05, 0.1) is 32.5 Å². The maximum Gasteiger partial charge on any atom is 0.433 e. The standard InChI is InChI=1S/C32H25F3N2O4S/c1-39-23-11-14-29(41-3)25(16-23)27(38)12-9-20-10-13-28(40-2)22(15-20)19-42-31-26(18-36)24(21-7-5-4-6-8-21)17-30(37-31)32(33,34)35/h4-17H,19H2,1-3H3/b12-9+. The van der Waals surface area contributed by atoms with Crippen LogP contribution in [0.25, 0.3) is 17.2 Å². The van der Waals surface area contributed by atoms with E-state index in [4.69, 9.17) is 14.2 Å². The minimum absolute atomic E-state index is 0.0468. The summed E-state index contributed by atoms with van der Waals surface area (Å²) in [6.07, 6.45) is -1.69. The number of thioether (sulfide) groups is 1. The molecular formula is C32H25F3N2O4S. The molecule has 42 heavy (non-hydrogen) atoms. The van der Waals surface area contributed by atoms with Crippen molar-refractivity contribution in [3.63, 3.8) is 0 Å². The molecule has 0 aliphatic rings. The average molecular weight is 591 g/mol. The summed E-state index contributed by atoms with van der Waals surface area (Å²) >= 11 is 0.997. The molecule has 214 valence electrons. The van der Waals surface area contributed by atoms with Gasteiger partial charge in [0.25, 0.3) is 0 Å². The first-order chi connectivity index (χ1) is 20.2. The molecule has 0 amide bonds. The van der Waals surface area contributed by atoms with Crippen LogP contribution in [0.3, 0.4) is 0 Å². The molecule has 4 aromatic rings. The van der Waals surface area contributed by atoms with Gasteiger partial charge in [-0.25, -0.2) is 4.98 Å². The van der Waals surface area contributed by atoms with Crippen LogP contribution in [-0.4, -0.2) is 32.1 Å². The fraction of sp³-hybridized carbons (Fsp3) is 0.156. The highest BCUT2D eigenvalue weighted by atomic mass is 32.2. The van der Waals surface area contributed by atoms with Gasteiger partial charge in [-0.2, -0.15) is 18.4 Å². The van der Waals surface area contributed by atoms with E-state index < -0.39 is 11.9 Å². The number of benzene rings is 3. The van der Waals surface area contributed by atoms with Crippen molar-refractivity contribution < 1.29 is 32.2 Å². The molecule has 1 aromatic heterocycles. The number of aromatic nitrogens is 1. The fourth-order valence-electron chi connectivity index (χ4n) is 4.15. The van der Waals surface area contributed by atoms with E-state index in [0.29, 0.717) is 39.5 Å². The van der Waals surface area contributed by atoms with Crippen LogP contribution >= 0.6 is 11.8 Å². The molecule has 0 unspecified atom stereocenters. The molecule has 0 bridgehead atoms. The molecular weight excluding hydrogens is 565 g/mol. The lowest BCUT2D eigenvalue weighted by molar-refractivity contribution is -0.141.